The first-order chi connectivity index (χ1) is 13.2. The third kappa shape index (κ3) is 3.55. The highest BCUT2D eigenvalue weighted by Crippen LogP contribution is 2.25. The summed E-state index contributed by atoms with van der Waals surface area (Å²) in [4.78, 5) is 13.4. The van der Waals surface area contributed by atoms with Crippen LogP contribution in [0.3, 0.4) is 0 Å². The lowest BCUT2D eigenvalue weighted by atomic mass is 10.2. The summed E-state index contributed by atoms with van der Waals surface area (Å²) in [5, 5.41) is 4.20. The van der Waals surface area contributed by atoms with Crippen LogP contribution in [-0.2, 0) is 6.54 Å². The van der Waals surface area contributed by atoms with Crippen LogP contribution in [0.5, 0.6) is 5.75 Å². The number of nitrogens with one attached hydrogen (secondary N) is 1. The number of para-hydroxylation sites is 1. The molecule has 1 N–H and O–H groups in total. The summed E-state index contributed by atoms with van der Waals surface area (Å²) in [6.45, 7) is 0.425. The molecule has 0 aliphatic heterocycles. The molecule has 4 aromatic rings. The second-order valence-corrected chi connectivity index (χ2v) is 5.98. The molecule has 0 atom stereocenters. The Morgan fingerprint density at radius 3 is 2.70 bits per heavy atom. The lowest BCUT2D eigenvalue weighted by molar-refractivity contribution is 0.386. The van der Waals surface area contributed by atoms with Gasteiger partial charge in [0.25, 0.3) is 0 Å². The second kappa shape index (κ2) is 7.37. The van der Waals surface area contributed by atoms with E-state index in [0.717, 1.165) is 22.0 Å². The number of hydrogen-bond acceptors (Lipinski definition) is 5. The van der Waals surface area contributed by atoms with E-state index in [0.29, 0.717) is 18.2 Å². The minimum atomic E-state index is -0.389. The molecule has 0 radical (unpaired) electrons. The standard InChI is InChI=1S/C21H17FN4O/c1-27-19-9-8-14(11-17(19)22)12-24-21-16-6-2-3-7-18(16)25-20(26-21)15-5-4-10-23-13-15/h2-11,13H,12H2,1H3,(H,24,25,26). The summed E-state index contributed by atoms with van der Waals surface area (Å²) in [5.74, 6) is 1.12. The molecule has 0 amide bonds. The van der Waals surface area contributed by atoms with Crippen molar-refractivity contribution in [1.29, 1.82) is 0 Å². The average molecular weight is 360 g/mol. The summed E-state index contributed by atoms with van der Waals surface area (Å²) < 4.78 is 18.9. The van der Waals surface area contributed by atoms with Gasteiger partial charge in [-0.3, -0.25) is 4.98 Å². The van der Waals surface area contributed by atoms with Crippen molar-refractivity contribution >= 4 is 16.7 Å². The molecule has 27 heavy (non-hydrogen) atoms. The highest BCUT2D eigenvalue weighted by atomic mass is 19.1. The van der Waals surface area contributed by atoms with E-state index in [4.69, 9.17) is 4.74 Å². The highest BCUT2D eigenvalue weighted by molar-refractivity contribution is 5.90. The maximum Gasteiger partial charge on any atom is 0.165 e. The maximum atomic E-state index is 13.9. The van der Waals surface area contributed by atoms with Crippen molar-refractivity contribution in [3.63, 3.8) is 0 Å². The second-order valence-electron chi connectivity index (χ2n) is 5.98. The van der Waals surface area contributed by atoms with Crippen LogP contribution in [0.15, 0.2) is 67.0 Å². The molecular formula is C21H17FN4O. The number of aromatic nitrogens is 3. The van der Waals surface area contributed by atoms with Crippen LogP contribution in [-0.4, -0.2) is 22.1 Å². The minimum Gasteiger partial charge on any atom is -0.494 e. The van der Waals surface area contributed by atoms with E-state index in [-0.39, 0.29) is 11.6 Å². The molecule has 0 aliphatic carbocycles. The first-order valence-electron chi connectivity index (χ1n) is 8.48. The molecule has 2 heterocycles. The Morgan fingerprint density at radius 1 is 1.04 bits per heavy atom. The van der Waals surface area contributed by atoms with E-state index in [2.05, 4.69) is 20.3 Å². The first kappa shape index (κ1) is 16.9. The van der Waals surface area contributed by atoms with Crippen molar-refractivity contribution in [3.8, 4) is 17.1 Å². The van der Waals surface area contributed by atoms with Crippen LogP contribution in [0.2, 0.25) is 0 Å². The zero-order chi connectivity index (χ0) is 18.6. The third-order valence-corrected chi connectivity index (χ3v) is 4.20. The summed E-state index contributed by atoms with van der Waals surface area (Å²) in [5.41, 5.74) is 2.45. The number of methoxy groups -OCH3 is 1. The van der Waals surface area contributed by atoms with Gasteiger partial charge in [-0.1, -0.05) is 18.2 Å². The van der Waals surface area contributed by atoms with Crippen LogP contribution in [0, 0.1) is 5.82 Å². The van der Waals surface area contributed by atoms with Gasteiger partial charge in [0.2, 0.25) is 0 Å². The van der Waals surface area contributed by atoms with Gasteiger partial charge in [-0.25, -0.2) is 14.4 Å². The summed E-state index contributed by atoms with van der Waals surface area (Å²) >= 11 is 0. The Labute approximate surface area is 155 Å². The minimum absolute atomic E-state index is 0.227. The molecule has 2 aromatic heterocycles. The van der Waals surface area contributed by atoms with Gasteiger partial charge in [0.1, 0.15) is 5.82 Å². The molecule has 0 fully saturated rings. The fraction of sp³-hybridized carbons (Fsp3) is 0.0952. The molecular weight excluding hydrogens is 343 g/mol. The average Bonchev–Trinajstić information content (AvgIpc) is 2.72. The van der Waals surface area contributed by atoms with Gasteiger partial charge in [-0.15, -0.1) is 0 Å². The van der Waals surface area contributed by atoms with Crippen molar-refractivity contribution in [1.82, 2.24) is 15.0 Å². The van der Waals surface area contributed by atoms with Crippen LogP contribution < -0.4 is 10.1 Å². The molecule has 0 bridgehead atoms. The Kier molecular flexibility index (Phi) is 4.61. The fourth-order valence-electron chi connectivity index (χ4n) is 2.84. The highest BCUT2D eigenvalue weighted by Gasteiger charge is 2.10. The Hall–Kier alpha value is -3.54. The van der Waals surface area contributed by atoms with Gasteiger partial charge in [0.05, 0.1) is 12.6 Å². The number of nitrogens with zero attached hydrogens (tertiary/aromatic N) is 3. The predicted molar refractivity (Wildman–Crippen MR) is 103 cm³/mol. The van der Waals surface area contributed by atoms with E-state index in [1.807, 2.05) is 42.5 Å². The van der Waals surface area contributed by atoms with E-state index in [1.165, 1.54) is 13.2 Å². The summed E-state index contributed by atoms with van der Waals surface area (Å²) in [7, 11) is 1.45. The van der Waals surface area contributed by atoms with Crippen molar-refractivity contribution in [2.75, 3.05) is 12.4 Å². The number of anilines is 1. The van der Waals surface area contributed by atoms with Crippen molar-refractivity contribution in [2.24, 2.45) is 0 Å². The zero-order valence-electron chi connectivity index (χ0n) is 14.7. The molecule has 4 rings (SSSR count). The zero-order valence-corrected chi connectivity index (χ0v) is 14.7. The van der Waals surface area contributed by atoms with Gasteiger partial charge in [0.15, 0.2) is 17.4 Å². The van der Waals surface area contributed by atoms with E-state index in [1.54, 1.807) is 18.5 Å². The van der Waals surface area contributed by atoms with Crippen LogP contribution in [0.4, 0.5) is 10.2 Å². The number of pyridine rings is 1. The van der Waals surface area contributed by atoms with Crippen molar-refractivity contribution in [2.45, 2.75) is 6.54 Å². The number of fused-ring (bicyclic) bond motifs is 1. The molecule has 0 aliphatic rings. The van der Waals surface area contributed by atoms with Crippen LogP contribution in [0.1, 0.15) is 5.56 Å². The lowest BCUT2D eigenvalue weighted by Gasteiger charge is -2.11. The molecule has 0 saturated heterocycles. The Balaban J connectivity index is 1.69. The number of rotatable bonds is 5. The molecule has 134 valence electrons. The van der Waals surface area contributed by atoms with E-state index in [9.17, 15) is 4.39 Å². The predicted octanol–water partition coefficient (Wildman–Crippen LogP) is 4.45. The summed E-state index contributed by atoms with van der Waals surface area (Å²) in [6, 6.07) is 16.4. The Morgan fingerprint density at radius 2 is 1.93 bits per heavy atom. The van der Waals surface area contributed by atoms with Gasteiger partial charge in [0, 0.05) is 29.9 Å². The maximum absolute atomic E-state index is 13.9. The Bertz CT molecular complexity index is 1090. The number of ether oxygens (including phenoxy) is 1. The molecule has 0 spiro atoms. The van der Waals surface area contributed by atoms with Crippen molar-refractivity contribution in [3.05, 3.63) is 78.4 Å². The molecule has 0 saturated carbocycles. The largest absolute Gasteiger partial charge is 0.494 e. The van der Waals surface area contributed by atoms with Crippen LogP contribution in [0.25, 0.3) is 22.3 Å². The smallest absolute Gasteiger partial charge is 0.165 e. The monoisotopic (exact) mass is 360 g/mol. The number of hydrogen-bond donors (Lipinski definition) is 1. The summed E-state index contributed by atoms with van der Waals surface area (Å²) in [6.07, 6.45) is 3.44. The van der Waals surface area contributed by atoms with Gasteiger partial charge in [-0.05, 0) is 42.0 Å². The third-order valence-electron chi connectivity index (χ3n) is 4.20. The SMILES string of the molecule is COc1ccc(CNc2nc(-c3cccnc3)nc3ccccc23)cc1F. The fourth-order valence-corrected chi connectivity index (χ4v) is 2.84. The van der Waals surface area contributed by atoms with E-state index < -0.39 is 0 Å². The molecule has 5 nitrogen and oxygen atoms in total. The molecule has 0 unspecified atom stereocenters. The van der Waals surface area contributed by atoms with Gasteiger partial charge < -0.3 is 10.1 Å². The van der Waals surface area contributed by atoms with Gasteiger partial charge >= 0.3 is 0 Å². The molecule has 6 heteroatoms. The van der Waals surface area contributed by atoms with E-state index >= 15 is 0 Å². The van der Waals surface area contributed by atoms with Crippen molar-refractivity contribution < 1.29 is 9.13 Å². The number of halogens is 1. The normalized spacial score (nSPS) is 10.7. The number of benzene rings is 2. The van der Waals surface area contributed by atoms with Crippen LogP contribution >= 0.6 is 0 Å². The molecule has 2 aromatic carbocycles. The quantitative estimate of drug-likeness (QED) is 0.570. The first-order valence-corrected chi connectivity index (χ1v) is 8.48. The van der Waals surface area contributed by atoms with Gasteiger partial charge in [-0.2, -0.15) is 0 Å². The topological polar surface area (TPSA) is 59.9 Å². The lowest BCUT2D eigenvalue weighted by Crippen LogP contribution is -2.05.